The van der Waals surface area contributed by atoms with E-state index in [4.69, 9.17) is 10.5 Å². The van der Waals surface area contributed by atoms with Crippen molar-refractivity contribution in [3.8, 4) is 5.75 Å². The molecule has 2 aromatic heterocycles. The van der Waals surface area contributed by atoms with Crippen LogP contribution in [0.15, 0.2) is 70.5 Å². The van der Waals surface area contributed by atoms with Crippen molar-refractivity contribution in [1.29, 1.82) is 0 Å². The molecular weight excluding hydrogens is 573 g/mol. The van der Waals surface area contributed by atoms with Crippen LogP contribution >= 0.6 is 0 Å². The van der Waals surface area contributed by atoms with Gasteiger partial charge in [0.2, 0.25) is 10.0 Å². The molecule has 12 nitrogen and oxygen atoms in total. The van der Waals surface area contributed by atoms with E-state index in [9.17, 15) is 40.8 Å². The number of hydrogen-bond acceptors (Lipinski definition) is 9. The Kier molecular flexibility index (Phi) is 10.2. The third-order valence-electron chi connectivity index (χ3n) is 5.43. The summed E-state index contributed by atoms with van der Waals surface area (Å²) in [6.45, 7) is -0.0661. The van der Waals surface area contributed by atoms with Gasteiger partial charge in [0, 0.05) is 30.4 Å². The van der Waals surface area contributed by atoms with Gasteiger partial charge in [-0.25, -0.2) is 18.0 Å². The van der Waals surface area contributed by atoms with Gasteiger partial charge in [0.25, 0.3) is 11.5 Å². The molecule has 3 aromatic rings. The number of unbranched alkanes of at least 4 members (excludes halogenated alkanes) is 1. The Morgan fingerprint density at radius 2 is 1.73 bits per heavy atom. The Hall–Kier alpha value is -4.28. The minimum absolute atomic E-state index is 0.209. The number of nitrogens with two attached hydrogens (primary N) is 1. The van der Waals surface area contributed by atoms with Crippen molar-refractivity contribution in [3.05, 3.63) is 76.7 Å². The minimum Gasteiger partial charge on any atom is -0.493 e. The quantitative estimate of drug-likeness (QED) is 0.157. The predicted octanol–water partition coefficient (Wildman–Crippen LogP) is 1.13. The maximum atomic E-state index is 12.8. The normalized spacial score (nSPS) is 12.5. The standard InChI is InChI=1S/C25H25F3N4O8S/c26-25(27,28)24(36)40-23(35)20(31-41(37,38)19-6-2-1-3-7-19)15-30-22(34)16-12-17-14-18(39-11-5-4-9-29)8-10-32(17)21(33)13-16/h1-3,6-8,10,12-14,20,31H,4-5,9,11,15,29H2,(H,30,34)/t20-/m0/s1. The van der Waals surface area contributed by atoms with E-state index >= 15 is 0 Å². The van der Waals surface area contributed by atoms with Crippen LogP contribution in [0.4, 0.5) is 13.2 Å². The van der Waals surface area contributed by atoms with Crippen LogP contribution < -0.4 is 26.1 Å². The highest BCUT2D eigenvalue weighted by molar-refractivity contribution is 7.89. The van der Waals surface area contributed by atoms with Crippen LogP contribution in [0.2, 0.25) is 0 Å². The van der Waals surface area contributed by atoms with E-state index in [1.54, 1.807) is 6.07 Å². The van der Waals surface area contributed by atoms with Crippen LogP contribution in [-0.2, 0) is 24.3 Å². The summed E-state index contributed by atoms with van der Waals surface area (Å²) in [4.78, 5) is 48.6. The van der Waals surface area contributed by atoms with Gasteiger partial charge in [-0.2, -0.15) is 17.9 Å². The molecule has 3 rings (SSSR count). The zero-order chi connectivity index (χ0) is 30.2. The molecule has 0 spiro atoms. The fraction of sp³-hybridized carbons (Fsp3) is 0.280. The fourth-order valence-electron chi connectivity index (χ4n) is 3.42. The van der Waals surface area contributed by atoms with Crippen molar-refractivity contribution in [3.63, 3.8) is 0 Å². The second-order valence-corrected chi connectivity index (χ2v) is 10.2. The first-order chi connectivity index (χ1) is 19.3. The van der Waals surface area contributed by atoms with E-state index in [0.717, 1.165) is 24.6 Å². The topological polar surface area (TPSA) is 175 Å². The lowest BCUT2D eigenvalue weighted by Crippen LogP contribution is -2.50. The summed E-state index contributed by atoms with van der Waals surface area (Å²) in [5.74, 6) is -5.35. The molecule has 1 atom stereocenters. The number of hydrogen-bond donors (Lipinski definition) is 3. The molecule has 0 unspecified atom stereocenters. The molecule has 0 aliphatic carbocycles. The molecule has 16 heteroatoms. The first kappa shape index (κ1) is 31.3. The lowest BCUT2D eigenvalue weighted by molar-refractivity contribution is -0.202. The number of amides is 1. The number of aromatic nitrogens is 1. The number of sulfonamides is 1. The number of benzene rings is 1. The van der Waals surface area contributed by atoms with E-state index in [1.807, 2.05) is 4.72 Å². The number of pyridine rings is 2. The van der Waals surface area contributed by atoms with Crippen LogP contribution in [0.5, 0.6) is 5.75 Å². The molecule has 2 heterocycles. The maximum Gasteiger partial charge on any atom is 0.491 e. The number of esters is 2. The lowest BCUT2D eigenvalue weighted by Gasteiger charge is -2.18. The van der Waals surface area contributed by atoms with Crippen LogP contribution in [0.3, 0.4) is 0 Å². The number of nitrogens with one attached hydrogen (secondary N) is 2. The summed E-state index contributed by atoms with van der Waals surface area (Å²) in [5.41, 5.74) is 4.89. The number of carbonyl (C=O) groups is 3. The third kappa shape index (κ3) is 8.60. The summed E-state index contributed by atoms with van der Waals surface area (Å²) in [6.07, 6.45) is -2.66. The van der Waals surface area contributed by atoms with Gasteiger partial charge < -0.3 is 20.5 Å². The first-order valence-electron chi connectivity index (χ1n) is 12.0. The number of ether oxygens (including phenoxy) is 2. The molecule has 1 aromatic carbocycles. The van der Waals surface area contributed by atoms with Crippen LogP contribution in [-0.4, -0.2) is 62.6 Å². The lowest BCUT2D eigenvalue weighted by atomic mass is 10.2. The maximum absolute atomic E-state index is 12.8. The molecule has 0 radical (unpaired) electrons. The van der Waals surface area contributed by atoms with Gasteiger partial charge in [0.15, 0.2) is 0 Å². The second kappa shape index (κ2) is 13.4. The van der Waals surface area contributed by atoms with Gasteiger partial charge in [0.05, 0.1) is 17.0 Å². The van der Waals surface area contributed by atoms with Gasteiger partial charge in [0.1, 0.15) is 11.8 Å². The number of nitrogens with zero attached hydrogens (tertiary/aromatic N) is 1. The number of alkyl halides is 3. The highest BCUT2D eigenvalue weighted by Crippen LogP contribution is 2.18. The number of halogens is 3. The molecule has 220 valence electrons. The van der Waals surface area contributed by atoms with Gasteiger partial charge in [-0.15, -0.1) is 0 Å². The van der Waals surface area contributed by atoms with Crippen molar-refractivity contribution in [2.75, 3.05) is 19.7 Å². The molecule has 1 amide bonds. The molecular formula is C25H25F3N4O8S. The van der Waals surface area contributed by atoms with Gasteiger partial charge in [-0.3, -0.25) is 14.0 Å². The summed E-state index contributed by atoms with van der Waals surface area (Å²) in [7, 11) is -4.51. The summed E-state index contributed by atoms with van der Waals surface area (Å²) in [5, 5.41) is 2.17. The average molecular weight is 599 g/mol. The molecule has 0 saturated carbocycles. The van der Waals surface area contributed by atoms with Crippen molar-refractivity contribution in [2.24, 2.45) is 5.73 Å². The number of rotatable bonds is 12. The molecule has 4 N–H and O–H groups in total. The molecule has 0 aliphatic rings. The Labute approximate surface area is 231 Å². The van der Waals surface area contributed by atoms with Crippen LogP contribution in [0.1, 0.15) is 23.2 Å². The summed E-state index contributed by atoms with van der Waals surface area (Å²) >= 11 is 0. The summed E-state index contributed by atoms with van der Waals surface area (Å²) in [6, 6.07) is 9.65. The van der Waals surface area contributed by atoms with E-state index in [0.29, 0.717) is 25.3 Å². The highest BCUT2D eigenvalue weighted by atomic mass is 32.2. The highest BCUT2D eigenvalue weighted by Gasteiger charge is 2.44. The number of carbonyl (C=O) groups excluding carboxylic acids is 3. The molecule has 0 fully saturated rings. The molecule has 0 aliphatic heterocycles. The second-order valence-electron chi connectivity index (χ2n) is 8.49. The largest absolute Gasteiger partial charge is 0.493 e. The minimum atomic E-state index is -5.54. The average Bonchev–Trinajstić information content (AvgIpc) is 2.92. The van der Waals surface area contributed by atoms with E-state index in [2.05, 4.69) is 10.1 Å². The first-order valence-corrected chi connectivity index (χ1v) is 13.5. The molecule has 0 bridgehead atoms. The van der Waals surface area contributed by atoms with Crippen LogP contribution in [0, 0.1) is 0 Å². The third-order valence-corrected chi connectivity index (χ3v) is 6.92. The fourth-order valence-corrected chi connectivity index (χ4v) is 4.62. The van der Waals surface area contributed by atoms with E-state index in [1.165, 1.54) is 40.9 Å². The van der Waals surface area contributed by atoms with Gasteiger partial charge >= 0.3 is 18.1 Å². The Morgan fingerprint density at radius 3 is 2.39 bits per heavy atom. The molecule has 41 heavy (non-hydrogen) atoms. The zero-order valence-electron chi connectivity index (χ0n) is 21.2. The van der Waals surface area contributed by atoms with Gasteiger partial charge in [-0.1, -0.05) is 18.2 Å². The van der Waals surface area contributed by atoms with Gasteiger partial charge in [-0.05, 0) is 43.7 Å². The predicted molar refractivity (Wildman–Crippen MR) is 137 cm³/mol. The summed E-state index contributed by atoms with van der Waals surface area (Å²) < 4.78 is 75.7. The Morgan fingerprint density at radius 1 is 1.02 bits per heavy atom. The SMILES string of the molecule is NCCCCOc1ccn2c(=O)cc(C(=O)NC[C@H](NS(=O)(=O)c3ccccc3)C(=O)OC(=O)C(F)(F)F)cc2c1. The van der Waals surface area contributed by atoms with Crippen LogP contribution in [0.25, 0.3) is 5.52 Å². The Balaban J connectivity index is 1.81. The van der Waals surface area contributed by atoms with Crippen molar-refractivity contribution in [2.45, 2.75) is 30.0 Å². The Bertz CT molecular complexity index is 1580. The monoisotopic (exact) mass is 598 g/mol. The molecule has 0 saturated heterocycles. The van der Waals surface area contributed by atoms with Crippen molar-refractivity contribution < 1.29 is 45.4 Å². The number of fused-ring (bicyclic) bond motifs is 1. The zero-order valence-corrected chi connectivity index (χ0v) is 22.0. The van der Waals surface area contributed by atoms with Crippen molar-refractivity contribution >= 4 is 33.4 Å². The smallest absolute Gasteiger partial charge is 0.491 e. The van der Waals surface area contributed by atoms with Crippen molar-refractivity contribution in [1.82, 2.24) is 14.4 Å². The van der Waals surface area contributed by atoms with E-state index in [-0.39, 0.29) is 16.0 Å². The van der Waals surface area contributed by atoms with E-state index < -0.39 is 52.2 Å².